The molecule has 1 aromatic rings. The highest BCUT2D eigenvalue weighted by Crippen LogP contribution is 2.18. The van der Waals surface area contributed by atoms with E-state index in [9.17, 15) is 13.2 Å². The Kier molecular flexibility index (Phi) is 3.55. The molecule has 92 valence electrons. The number of aryl methyl sites for hydroxylation is 2. The number of sulfonamides is 1. The Morgan fingerprint density at radius 2 is 2.24 bits per heavy atom. The number of carbonyl (C=O) groups excluding carboxylic acids is 1. The van der Waals surface area contributed by atoms with E-state index in [1.807, 2.05) is 0 Å². The van der Waals surface area contributed by atoms with E-state index in [-0.39, 0.29) is 22.9 Å². The maximum absolute atomic E-state index is 11.6. The summed E-state index contributed by atoms with van der Waals surface area (Å²) in [6.07, 6.45) is 4.93. The maximum Gasteiger partial charge on any atom is 0.358 e. The molecule has 0 bridgehead atoms. The molecule has 2 N–H and O–H groups in total. The lowest BCUT2D eigenvalue weighted by molar-refractivity contribution is 0.0539. The van der Waals surface area contributed by atoms with Crippen LogP contribution in [-0.4, -0.2) is 30.8 Å². The summed E-state index contributed by atoms with van der Waals surface area (Å²) in [7, 11) is -2.64. The summed E-state index contributed by atoms with van der Waals surface area (Å²) in [6.45, 7) is 1.17. The number of hydrogen-bond donors (Lipinski definition) is 1. The van der Waals surface area contributed by atoms with E-state index >= 15 is 0 Å². The second-order valence-electron chi connectivity index (χ2n) is 3.21. The zero-order valence-electron chi connectivity index (χ0n) is 9.30. The molecule has 1 rings (SSSR count). The molecule has 0 aliphatic carbocycles. The van der Waals surface area contributed by atoms with Crippen molar-refractivity contribution >= 4 is 16.0 Å². The van der Waals surface area contributed by atoms with Crippen LogP contribution in [-0.2, 0) is 21.8 Å². The Morgan fingerprint density at radius 1 is 1.65 bits per heavy atom. The van der Waals surface area contributed by atoms with Crippen molar-refractivity contribution in [1.82, 2.24) is 9.78 Å². The molecule has 8 heteroatoms. The van der Waals surface area contributed by atoms with Crippen molar-refractivity contribution in [2.45, 2.75) is 11.8 Å². The zero-order chi connectivity index (χ0) is 13.2. The van der Waals surface area contributed by atoms with Gasteiger partial charge in [-0.3, -0.25) is 4.68 Å². The van der Waals surface area contributed by atoms with Crippen LogP contribution in [0.2, 0.25) is 0 Å². The smallest absolute Gasteiger partial charge is 0.358 e. The van der Waals surface area contributed by atoms with E-state index in [4.69, 9.17) is 11.6 Å². The molecule has 7 nitrogen and oxygen atoms in total. The molecule has 0 aromatic carbocycles. The fourth-order valence-corrected chi connectivity index (χ4v) is 2.32. The van der Waals surface area contributed by atoms with Crippen molar-refractivity contribution in [2.75, 3.05) is 6.61 Å². The third kappa shape index (κ3) is 2.64. The van der Waals surface area contributed by atoms with E-state index in [0.717, 1.165) is 4.68 Å². The van der Waals surface area contributed by atoms with Gasteiger partial charge in [-0.15, -0.1) is 6.42 Å². The summed E-state index contributed by atoms with van der Waals surface area (Å²) < 4.78 is 28.4. The predicted molar refractivity (Wildman–Crippen MR) is 58.4 cm³/mol. The first-order chi connectivity index (χ1) is 7.79. The second kappa shape index (κ2) is 4.57. The van der Waals surface area contributed by atoms with Crippen LogP contribution < -0.4 is 5.14 Å². The summed E-state index contributed by atoms with van der Waals surface area (Å²) in [4.78, 5) is 11.3. The van der Waals surface area contributed by atoms with Gasteiger partial charge in [-0.05, 0) is 6.92 Å². The lowest BCUT2D eigenvalue weighted by Crippen LogP contribution is -2.19. The number of rotatable bonds is 3. The molecule has 0 saturated carbocycles. The number of carbonyl (C=O) groups is 1. The van der Waals surface area contributed by atoms with Crippen molar-refractivity contribution in [1.29, 1.82) is 0 Å². The molecule has 0 saturated heterocycles. The third-order valence-electron chi connectivity index (χ3n) is 1.93. The van der Waals surface area contributed by atoms with Crippen LogP contribution in [0, 0.1) is 19.3 Å². The molecule has 0 unspecified atom stereocenters. The van der Waals surface area contributed by atoms with Crippen molar-refractivity contribution in [3.8, 4) is 12.3 Å². The van der Waals surface area contributed by atoms with E-state index < -0.39 is 16.0 Å². The topological polar surface area (TPSA) is 104 Å². The summed E-state index contributed by atoms with van der Waals surface area (Å²) in [5.74, 6) is 1.22. The maximum atomic E-state index is 11.6. The quantitative estimate of drug-likeness (QED) is 0.562. The van der Waals surface area contributed by atoms with Crippen LogP contribution in [0.4, 0.5) is 0 Å². The van der Waals surface area contributed by atoms with Crippen molar-refractivity contribution < 1.29 is 17.9 Å². The van der Waals surface area contributed by atoms with Gasteiger partial charge < -0.3 is 4.74 Å². The zero-order valence-corrected chi connectivity index (χ0v) is 10.1. The lowest BCUT2D eigenvalue weighted by atomic mass is 10.3. The van der Waals surface area contributed by atoms with E-state index in [1.54, 1.807) is 0 Å². The van der Waals surface area contributed by atoms with Gasteiger partial charge in [0.15, 0.2) is 12.3 Å². The molecule has 1 heterocycles. The highest BCUT2D eigenvalue weighted by Gasteiger charge is 2.28. The molecule has 0 radical (unpaired) electrons. The Balaban J connectivity index is 3.34. The van der Waals surface area contributed by atoms with E-state index in [0.29, 0.717) is 0 Å². The van der Waals surface area contributed by atoms with Crippen molar-refractivity contribution in [3.63, 3.8) is 0 Å². The SMILES string of the molecule is C#CCOC(=O)c1c(S(N)(=O)=O)c(C)nn1C. The van der Waals surface area contributed by atoms with Gasteiger partial charge >= 0.3 is 5.97 Å². The molecule has 0 spiro atoms. The van der Waals surface area contributed by atoms with Gasteiger partial charge in [-0.1, -0.05) is 5.92 Å². The molecule has 1 aromatic heterocycles. The monoisotopic (exact) mass is 257 g/mol. The first-order valence-electron chi connectivity index (χ1n) is 4.46. The van der Waals surface area contributed by atoms with E-state index in [2.05, 4.69) is 15.8 Å². The number of nitrogens with two attached hydrogens (primary N) is 1. The van der Waals surface area contributed by atoms with Gasteiger partial charge in [0.1, 0.15) is 4.90 Å². The second-order valence-corrected chi connectivity index (χ2v) is 4.71. The lowest BCUT2D eigenvalue weighted by Gasteiger charge is -2.03. The first-order valence-corrected chi connectivity index (χ1v) is 6.00. The van der Waals surface area contributed by atoms with Gasteiger partial charge in [0.05, 0.1) is 5.69 Å². The van der Waals surface area contributed by atoms with Crippen LogP contribution in [0.25, 0.3) is 0 Å². The minimum absolute atomic E-state index is 0.127. The van der Waals surface area contributed by atoms with Crippen LogP contribution in [0.1, 0.15) is 16.2 Å². The van der Waals surface area contributed by atoms with Crippen molar-refractivity contribution in [3.05, 3.63) is 11.4 Å². The summed E-state index contributed by atoms with van der Waals surface area (Å²) in [6, 6.07) is 0. The van der Waals surface area contributed by atoms with E-state index in [1.165, 1.54) is 14.0 Å². The number of aromatic nitrogens is 2. The van der Waals surface area contributed by atoms with Gasteiger partial charge in [0.25, 0.3) is 0 Å². The van der Waals surface area contributed by atoms with Gasteiger partial charge in [-0.25, -0.2) is 18.4 Å². The van der Waals surface area contributed by atoms with Crippen LogP contribution in [0.3, 0.4) is 0 Å². The number of terminal acetylenes is 1. The molecule has 0 atom stereocenters. The van der Waals surface area contributed by atoms with Gasteiger partial charge in [0, 0.05) is 7.05 Å². The average Bonchev–Trinajstić information content (AvgIpc) is 2.49. The number of nitrogens with zero attached hydrogens (tertiary/aromatic N) is 2. The number of hydrogen-bond acceptors (Lipinski definition) is 5. The fraction of sp³-hybridized carbons (Fsp3) is 0.333. The number of esters is 1. The molecular formula is C9H11N3O4S. The summed E-state index contributed by atoms with van der Waals surface area (Å²) >= 11 is 0. The summed E-state index contributed by atoms with van der Waals surface area (Å²) in [5, 5.41) is 8.82. The highest BCUT2D eigenvalue weighted by molar-refractivity contribution is 7.89. The minimum Gasteiger partial charge on any atom is -0.448 e. The molecular weight excluding hydrogens is 246 g/mol. The minimum atomic E-state index is -4.05. The Bertz CT molecular complexity index is 594. The average molecular weight is 257 g/mol. The summed E-state index contributed by atoms with van der Waals surface area (Å²) in [5.41, 5.74) is -0.108. The van der Waals surface area contributed by atoms with Gasteiger partial charge in [-0.2, -0.15) is 5.10 Å². The molecule has 17 heavy (non-hydrogen) atoms. The highest BCUT2D eigenvalue weighted by atomic mass is 32.2. The van der Waals surface area contributed by atoms with Crippen LogP contribution in [0.5, 0.6) is 0 Å². The first kappa shape index (κ1) is 13.2. The van der Waals surface area contributed by atoms with Crippen LogP contribution >= 0.6 is 0 Å². The Morgan fingerprint density at radius 3 is 2.71 bits per heavy atom. The normalized spacial score (nSPS) is 10.9. The van der Waals surface area contributed by atoms with Crippen LogP contribution in [0.15, 0.2) is 4.90 Å². The Labute approximate surface area is 98.6 Å². The largest absolute Gasteiger partial charge is 0.448 e. The molecule has 0 amide bonds. The fourth-order valence-electron chi connectivity index (χ4n) is 1.38. The van der Waals surface area contributed by atoms with Crippen molar-refractivity contribution in [2.24, 2.45) is 12.2 Å². The van der Waals surface area contributed by atoms with Gasteiger partial charge in [0.2, 0.25) is 10.0 Å². The molecule has 0 aliphatic rings. The molecule has 0 aliphatic heterocycles. The Hall–Kier alpha value is -1.85. The number of ether oxygens (including phenoxy) is 1. The third-order valence-corrected chi connectivity index (χ3v) is 2.99. The predicted octanol–water partition coefficient (Wildman–Crippen LogP) is -0.834. The number of primary sulfonamides is 1. The standard InChI is InChI=1S/C9H11N3O4S/c1-4-5-16-9(13)7-8(17(10,14)15)6(2)11-12(7)3/h1H,5H2,2-3H3,(H2,10,14,15). The molecule has 0 fully saturated rings.